The molecule has 1 atom stereocenters. The summed E-state index contributed by atoms with van der Waals surface area (Å²) in [5.74, 6) is 6.66. The van der Waals surface area contributed by atoms with Crippen molar-refractivity contribution >= 4 is 43.9 Å². The van der Waals surface area contributed by atoms with E-state index in [-0.39, 0.29) is 16.8 Å². The Kier molecular flexibility index (Phi) is 4.91. The van der Waals surface area contributed by atoms with Crippen LogP contribution in [0.15, 0.2) is 16.6 Å². The monoisotopic (exact) mass is 335 g/mol. The number of anilines is 1. The SMILES string of the molecule is CSCC(C)CNS(=O)(=O)c1c(NN)nc2sccn12. The molecule has 2 aromatic rings. The predicted octanol–water partition coefficient (Wildman–Crippen LogP) is 0.959. The fraction of sp³-hybridized carbons (Fsp3) is 0.500. The lowest BCUT2D eigenvalue weighted by atomic mass is 10.2. The minimum absolute atomic E-state index is 0.0487. The summed E-state index contributed by atoms with van der Waals surface area (Å²) in [6.45, 7) is 2.38. The number of nitrogen functional groups attached to an aromatic ring is 1. The lowest BCUT2D eigenvalue weighted by Gasteiger charge is -2.12. The fourth-order valence-electron chi connectivity index (χ4n) is 1.78. The Morgan fingerprint density at radius 2 is 2.35 bits per heavy atom. The molecule has 0 bridgehead atoms. The zero-order valence-electron chi connectivity index (χ0n) is 11.2. The summed E-state index contributed by atoms with van der Waals surface area (Å²) in [7, 11) is -3.66. The molecule has 20 heavy (non-hydrogen) atoms. The van der Waals surface area contributed by atoms with Crippen molar-refractivity contribution in [3.63, 3.8) is 0 Å². The summed E-state index contributed by atoms with van der Waals surface area (Å²) >= 11 is 3.03. The summed E-state index contributed by atoms with van der Waals surface area (Å²) in [6, 6.07) is 0. The molecule has 2 aromatic heterocycles. The number of sulfonamides is 1. The van der Waals surface area contributed by atoms with Crippen LogP contribution in [0.4, 0.5) is 5.82 Å². The van der Waals surface area contributed by atoms with Crippen molar-refractivity contribution in [3.05, 3.63) is 11.6 Å². The van der Waals surface area contributed by atoms with Crippen LogP contribution in [-0.2, 0) is 10.0 Å². The molecule has 0 aliphatic rings. The molecule has 10 heteroatoms. The first kappa shape index (κ1) is 15.6. The van der Waals surface area contributed by atoms with Crippen LogP contribution in [0.25, 0.3) is 4.96 Å². The number of thiazole rings is 1. The molecule has 0 aliphatic heterocycles. The molecule has 0 radical (unpaired) electrons. The van der Waals surface area contributed by atoms with Gasteiger partial charge in [-0.3, -0.25) is 4.40 Å². The number of hydrogen-bond donors (Lipinski definition) is 3. The van der Waals surface area contributed by atoms with Crippen molar-refractivity contribution in [3.8, 4) is 0 Å². The third-order valence-corrected chi connectivity index (χ3v) is 5.79. The molecule has 4 N–H and O–H groups in total. The first-order valence-electron chi connectivity index (χ1n) is 5.90. The third kappa shape index (κ3) is 3.09. The molecule has 2 heterocycles. The van der Waals surface area contributed by atoms with E-state index in [0.717, 1.165) is 5.75 Å². The van der Waals surface area contributed by atoms with Gasteiger partial charge in [0.05, 0.1) is 0 Å². The fourth-order valence-corrected chi connectivity index (χ4v) is 4.64. The molecular formula is C10H17N5O2S3. The number of thioether (sulfide) groups is 1. The summed E-state index contributed by atoms with van der Waals surface area (Å²) in [5.41, 5.74) is 2.34. The maximum atomic E-state index is 12.4. The average molecular weight is 335 g/mol. The van der Waals surface area contributed by atoms with E-state index in [9.17, 15) is 8.42 Å². The van der Waals surface area contributed by atoms with Crippen LogP contribution in [0, 0.1) is 5.92 Å². The van der Waals surface area contributed by atoms with E-state index in [0.29, 0.717) is 11.5 Å². The Balaban J connectivity index is 2.29. The minimum Gasteiger partial charge on any atom is -0.306 e. The molecule has 0 fully saturated rings. The first-order chi connectivity index (χ1) is 9.49. The molecule has 0 aromatic carbocycles. The maximum Gasteiger partial charge on any atom is 0.260 e. The molecule has 7 nitrogen and oxygen atoms in total. The minimum atomic E-state index is -3.66. The van der Waals surface area contributed by atoms with Crippen LogP contribution in [0.3, 0.4) is 0 Å². The number of hydrazine groups is 1. The molecule has 0 saturated heterocycles. The summed E-state index contributed by atoms with van der Waals surface area (Å²) in [4.78, 5) is 4.72. The van der Waals surface area contributed by atoms with Gasteiger partial charge in [0, 0.05) is 18.1 Å². The number of rotatable bonds is 7. The van der Waals surface area contributed by atoms with E-state index >= 15 is 0 Å². The summed E-state index contributed by atoms with van der Waals surface area (Å²) in [6.07, 6.45) is 3.65. The highest BCUT2D eigenvalue weighted by molar-refractivity contribution is 7.98. The Morgan fingerprint density at radius 3 is 3.00 bits per heavy atom. The van der Waals surface area contributed by atoms with Crippen molar-refractivity contribution in [2.24, 2.45) is 11.8 Å². The highest BCUT2D eigenvalue weighted by atomic mass is 32.2. The number of aromatic nitrogens is 2. The number of nitrogens with zero attached hydrogens (tertiary/aromatic N) is 2. The zero-order chi connectivity index (χ0) is 14.8. The smallest absolute Gasteiger partial charge is 0.260 e. The van der Waals surface area contributed by atoms with Gasteiger partial charge in [-0.15, -0.1) is 11.3 Å². The number of nitrogens with two attached hydrogens (primary N) is 1. The van der Waals surface area contributed by atoms with Crippen molar-refractivity contribution in [1.29, 1.82) is 0 Å². The van der Waals surface area contributed by atoms with Crippen LogP contribution < -0.4 is 16.0 Å². The Hall–Kier alpha value is -0.810. The molecule has 0 amide bonds. The van der Waals surface area contributed by atoms with E-state index in [1.54, 1.807) is 23.3 Å². The van der Waals surface area contributed by atoms with E-state index in [4.69, 9.17) is 5.84 Å². The predicted molar refractivity (Wildman–Crippen MR) is 83.6 cm³/mol. The van der Waals surface area contributed by atoms with E-state index in [1.807, 2.05) is 13.2 Å². The lowest BCUT2D eigenvalue weighted by molar-refractivity contribution is 0.559. The number of fused-ring (bicyclic) bond motifs is 1. The van der Waals surface area contributed by atoms with Crippen LogP contribution >= 0.6 is 23.1 Å². The molecule has 0 saturated carbocycles. The van der Waals surface area contributed by atoms with Crippen molar-refractivity contribution in [2.45, 2.75) is 11.9 Å². The second-order valence-electron chi connectivity index (χ2n) is 4.38. The molecule has 2 rings (SSSR count). The lowest BCUT2D eigenvalue weighted by Crippen LogP contribution is -2.31. The molecule has 0 aliphatic carbocycles. The standard InChI is InChI=1S/C10H17N5O2S3/c1-7(6-18-2)5-12-20(16,17)9-8(14-11)13-10-15(9)3-4-19-10/h3-4,7,12,14H,5-6,11H2,1-2H3. The van der Waals surface area contributed by atoms with Crippen LogP contribution in [-0.4, -0.2) is 36.4 Å². The second kappa shape index (κ2) is 6.31. The highest BCUT2D eigenvalue weighted by Gasteiger charge is 2.25. The Morgan fingerprint density at radius 1 is 1.60 bits per heavy atom. The van der Waals surface area contributed by atoms with Gasteiger partial charge >= 0.3 is 0 Å². The quantitative estimate of drug-likeness (QED) is 0.514. The summed E-state index contributed by atoms with van der Waals surface area (Å²) < 4.78 is 29.0. The molecule has 1 unspecified atom stereocenters. The normalized spacial score (nSPS) is 13.8. The largest absolute Gasteiger partial charge is 0.306 e. The number of nitrogens with one attached hydrogen (secondary N) is 2. The van der Waals surface area contributed by atoms with Crippen molar-refractivity contribution < 1.29 is 8.42 Å². The van der Waals surface area contributed by atoms with E-state index < -0.39 is 10.0 Å². The molecular weight excluding hydrogens is 318 g/mol. The third-order valence-electron chi connectivity index (χ3n) is 2.68. The topological polar surface area (TPSA) is 102 Å². The number of imidazole rings is 1. The summed E-state index contributed by atoms with van der Waals surface area (Å²) in [5, 5.41) is 1.82. The van der Waals surface area contributed by atoms with Gasteiger partial charge in [-0.1, -0.05) is 6.92 Å². The highest BCUT2D eigenvalue weighted by Crippen LogP contribution is 2.24. The van der Waals surface area contributed by atoms with Crippen molar-refractivity contribution in [2.75, 3.05) is 24.0 Å². The van der Waals surface area contributed by atoms with Crippen LogP contribution in [0.2, 0.25) is 0 Å². The van der Waals surface area contributed by atoms with Gasteiger partial charge in [0.1, 0.15) is 0 Å². The van der Waals surface area contributed by atoms with Gasteiger partial charge in [-0.2, -0.15) is 16.7 Å². The Bertz CT molecular complexity index is 678. The average Bonchev–Trinajstić information content (AvgIpc) is 2.96. The van der Waals surface area contributed by atoms with Gasteiger partial charge in [-0.05, 0) is 17.9 Å². The van der Waals surface area contributed by atoms with Crippen LogP contribution in [0.1, 0.15) is 6.92 Å². The Labute approximate surface area is 126 Å². The van der Waals surface area contributed by atoms with Crippen LogP contribution in [0.5, 0.6) is 0 Å². The van der Waals surface area contributed by atoms with Gasteiger partial charge in [0.15, 0.2) is 10.8 Å². The van der Waals surface area contributed by atoms with Gasteiger partial charge < -0.3 is 5.43 Å². The van der Waals surface area contributed by atoms with E-state index in [1.165, 1.54) is 15.7 Å². The number of hydrogen-bond acceptors (Lipinski definition) is 7. The maximum absolute atomic E-state index is 12.4. The van der Waals surface area contributed by atoms with Crippen molar-refractivity contribution in [1.82, 2.24) is 14.1 Å². The molecule has 112 valence electrons. The van der Waals surface area contributed by atoms with E-state index in [2.05, 4.69) is 15.1 Å². The van der Waals surface area contributed by atoms with Gasteiger partial charge in [0.25, 0.3) is 10.0 Å². The molecule has 0 spiro atoms. The van der Waals surface area contributed by atoms with Gasteiger partial charge in [0.2, 0.25) is 5.03 Å². The van der Waals surface area contributed by atoms with Gasteiger partial charge in [-0.25, -0.2) is 19.0 Å². The first-order valence-corrected chi connectivity index (χ1v) is 9.66. The second-order valence-corrected chi connectivity index (χ2v) is 7.84. The zero-order valence-corrected chi connectivity index (χ0v) is 13.6.